The van der Waals surface area contributed by atoms with Gasteiger partial charge < -0.3 is 5.32 Å². The zero-order valence-corrected chi connectivity index (χ0v) is 7.62. The molecule has 1 N–H and O–H groups in total. The van der Waals surface area contributed by atoms with Crippen molar-refractivity contribution in [2.45, 2.75) is 12.8 Å². The van der Waals surface area contributed by atoms with Gasteiger partial charge in [0, 0.05) is 13.0 Å². The highest BCUT2D eigenvalue weighted by Crippen LogP contribution is 2.35. The maximum atomic E-state index is 10.9. The van der Waals surface area contributed by atoms with Crippen LogP contribution < -0.4 is 5.32 Å². The highest BCUT2D eigenvalue weighted by atomic mass is 32.2. The maximum Gasteiger partial charge on any atom is 0.197 e. The van der Waals surface area contributed by atoms with Crippen molar-refractivity contribution in [3.63, 3.8) is 0 Å². The van der Waals surface area contributed by atoms with Crippen LogP contribution in [0.1, 0.15) is 12.8 Å². The van der Waals surface area contributed by atoms with E-state index in [1.165, 1.54) is 22.2 Å². The van der Waals surface area contributed by atoms with Gasteiger partial charge in [0.25, 0.3) is 0 Å². The molecule has 0 amide bonds. The van der Waals surface area contributed by atoms with Crippen LogP contribution in [-0.4, -0.2) is 18.2 Å². The quantitative estimate of drug-likeness (QED) is 0.568. The van der Waals surface area contributed by atoms with Crippen molar-refractivity contribution in [2.75, 3.05) is 13.1 Å². The first-order chi connectivity index (χ1) is 5.86. The Hall–Kier alpha value is -0.720. The summed E-state index contributed by atoms with van der Waals surface area (Å²) in [6, 6.07) is 0. The maximum absolute atomic E-state index is 10.9. The Morgan fingerprint density at radius 2 is 2.17 bits per heavy atom. The Labute approximate surface area is 76.8 Å². The first-order valence-electron chi connectivity index (χ1n) is 3.82. The summed E-state index contributed by atoms with van der Waals surface area (Å²) in [4.78, 5) is 12.2. The summed E-state index contributed by atoms with van der Waals surface area (Å²) in [5.41, 5.74) is 1.33. The summed E-state index contributed by atoms with van der Waals surface area (Å²) in [5, 5.41) is 3.58. The molecule has 2 nitrogen and oxygen atoms in total. The molecular weight excluding hydrogens is 170 g/mol. The third-order valence-corrected chi connectivity index (χ3v) is 2.97. The molecule has 0 fully saturated rings. The van der Waals surface area contributed by atoms with Gasteiger partial charge in [0.2, 0.25) is 0 Å². The number of carbonyl (C=O) groups is 1. The van der Waals surface area contributed by atoms with E-state index in [9.17, 15) is 4.79 Å². The van der Waals surface area contributed by atoms with Gasteiger partial charge in [-0.25, -0.2) is 0 Å². The third kappa shape index (κ3) is 1.90. The van der Waals surface area contributed by atoms with E-state index in [1.807, 2.05) is 0 Å². The van der Waals surface area contributed by atoms with E-state index < -0.39 is 0 Å². The van der Waals surface area contributed by atoms with Gasteiger partial charge in [-0.2, -0.15) is 0 Å². The molecule has 0 aromatic rings. The van der Waals surface area contributed by atoms with Crippen LogP contribution in [0, 0.1) is 12.8 Å². The number of thioether (sulfide) groups is 1. The summed E-state index contributed by atoms with van der Waals surface area (Å²) >= 11 is 1.45. The fraction of sp³-hybridized carbons (Fsp3) is 0.444. The molecule has 2 aliphatic rings. The number of nitrogens with one attached hydrogen (secondary N) is 1. The second-order valence-corrected chi connectivity index (χ2v) is 3.76. The molecule has 0 aromatic heterocycles. The van der Waals surface area contributed by atoms with E-state index in [0.29, 0.717) is 11.5 Å². The van der Waals surface area contributed by atoms with Crippen molar-refractivity contribution in [1.82, 2.24) is 5.32 Å². The van der Waals surface area contributed by atoms with Gasteiger partial charge in [-0.05, 0) is 23.4 Å². The van der Waals surface area contributed by atoms with Crippen LogP contribution in [-0.2, 0) is 4.79 Å². The zero-order chi connectivity index (χ0) is 8.97. The second kappa shape index (κ2) is 4.34. The standard InChI is InChI=1S/C7H9NOS.C2H2/c9-7-3-5-4-8-2-1-6(5)10-7;1-2/h8H,1-4H2;1-2H. The molecule has 2 heterocycles. The highest BCUT2D eigenvalue weighted by Gasteiger charge is 2.23. The molecule has 0 saturated heterocycles. The topological polar surface area (TPSA) is 29.1 Å². The number of carbonyl (C=O) groups excluding carboxylic acids is 1. The third-order valence-electron chi connectivity index (χ3n) is 1.86. The molecule has 0 aliphatic carbocycles. The fourth-order valence-electron chi connectivity index (χ4n) is 1.35. The molecule has 0 atom stereocenters. The van der Waals surface area contributed by atoms with E-state index in [2.05, 4.69) is 18.2 Å². The molecule has 2 rings (SSSR count). The normalized spacial score (nSPS) is 21.3. The van der Waals surface area contributed by atoms with Gasteiger partial charge in [-0.15, -0.1) is 12.8 Å². The van der Waals surface area contributed by atoms with Crippen LogP contribution in [0.5, 0.6) is 0 Å². The van der Waals surface area contributed by atoms with E-state index in [0.717, 1.165) is 19.5 Å². The molecule has 3 heteroatoms. The predicted molar refractivity (Wildman–Crippen MR) is 51.6 cm³/mol. The number of rotatable bonds is 0. The van der Waals surface area contributed by atoms with Gasteiger partial charge in [0.1, 0.15) is 0 Å². The van der Waals surface area contributed by atoms with Crippen LogP contribution in [0.15, 0.2) is 10.5 Å². The molecule has 0 saturated carbocycles. The average molecular weight is 181 g/mol. The van der Waals surface area contributed by atoms with Crippen molar-refractivity contribution in [2.24, 2.45) is 0 Å². The smallest absolute Gasteiger partial charge is 0.197 e. The zero-order valence-electron chi connectivity index (χ0n) is 6.80. The molecule has 64 valence electrons. The van der Waals surface area contributed by atoms with Gasteiger partial charge in [-0.3, -0.25) is 4.79 Å². The van der Waals surface area contributed by atoms with E-state index in [-0.39, 0.29) is 0 Å². The van der Waals surface area contributed by atoms with Crippen molar-refractivity contribution in [1.29, 1.82) is 0 Å². The average Bonchev–Trinajstić information content (AvgIpc) is 2.48. The summed E-state index contributed by atoms with van der Waals surface area (Å²) < 4.78 is 0. The number of hydrogen-bond acceptors (Lipinski definition) is 3. The highest BCUT2D eigenvalue weighted by molar-refractivity contribution is 8.17. The molecule has 2 aliphatic heterocycles. The lowest BCUT2D eigenvalue weighted by Crippen LogP contribution is -2.22. The van der Waals surface area contributed by atoms with Crippen molar-refractivity contribution in [3.05, 3.63) is 10.5 Å². The SMILES string of the molecule is C#C.O=C1CC2=C(CCNC2)S1. The van der Waals surface area contributed by atoms with Gasteiger partial charge in [-0.1, -0.05) is 11.8 Å². The first-order valence-corrected chi connectivity index (χ1v) is 4.63. The summed E-state index contributed by atoms with van der Waals surface area (Å²) in [6.07, 6.45) is 9.75. The van der Waals surface area contributed by atoms with Gasteiger partial charge in [0.05, 0.1) is 0 Å². The lowest BCUT2D eigenvalue weighted by molar-refractivity contribution is -0.110. The Balaban J connectivity index is 0.000000336. The summed E-state index contributed by atoms with van der Waals surface area (Å²) in [5.74, 6) is 0. The monoisotopic (exact) mass is 181 g/mol. The number of hydrogen-bond donors (Lipinski definition) is 1. The molecule has 0 spiro atoms. The minimum Gasteiger partial charge on any atom is -0.313 e. The molecule has 0 bridgehead atoms. The largest absolute Gasteiger partial charge is 0.313 e. The Morgan fingerprint density at radius 3 is 2.83 bits per heavy atom. The van der Waals surface area contributed by atoms with Gasteiger partial charge in [0.15, 0.2) is 5.12 Å². The lowest BCUT2D eigenvalue weighted by Gasteiger charge is -2.12. The fourth-order valence-corrected chi connectivity index (χ4v) is 2.36. The van der Waals surface area contributed by atoms with Crippen LogP contribution in [0.3, 0.4) is 0 Å². The summed E-state index contributed by atoms with van der Waals surface area (Å²) in [6.45, 7) is 1.98. The molecule has 0 radical (unpaired) electrons. The second-order valence-electron chi connectivity index (χ2n) is 2.60. The number of terminal acetylenes is 1. The lowest BCUT2D eigenvalue weighted by atomic mass is 10.1. The van der Waals surface area contributed by atoms with Crippen molar-refractivity contribution >= 4 is 16.9 Å². The Morgan fingerprint density at radius 1 is 1.42 bits per heavy atom. The molecular formula is C9H11NOS. The molecule has 0 aromatic carbocycles. The first kappa shape index (κ1) is 9.37. The minimum atomic E-state index is 0.328. The summed E-state index contributed by atoms with van der Waals surface area (Å²) in [7, 11) is 0. The van der Waals surface area contributed by atoms with E-state index in [4.69, 9.17) is 0 Å². The molecule has 0 unspecified atom stereocenters. The minimum absolute atomic E-state index is 0.328. The van der Waals surface area contributed by atoms with Crippen LogP contribution in [0.4, 0.5) is 0 Å². The van der Waals surface area contributed by atoms with Crippen LogP contribution in [0.2, 0.25) is 0 Å². The van der Waals surface area contributed by atoms with Crippen LogP contribution in [0.25, 0.3) is 0 Å². The van der Waals surface area contributed by atoms with Crippen molar-refractivity contribution < 1.29 is 4.79 Å². The van der Waals surface area contributed by atoms with E-state index in [1.54, 1.807) is 0 Å². The van der Waals surface area contributed by atoms with Crippen molar-refractivity contribution in [3.8, 4) is 12.8 Å². The van der Waals surface area contributed by atoms with Gasteiger partial charge >= 0.3 is 0 Å². The van der Waals surface area contributed by atoms with Crippen LogP contribution >= 0.6 is 11.8 Å². The Bertz CT molecular complexity index is 222. The van der Waals surface area contributed by atoms with E-state index >= 15 is 0 Å². The predicted octanol–water partition coefficient (Wildman–Crippen LogP) is 1.15. The Kier molecular flexibility index (Phi) is 3.39. The molecule has 12 heavy (non-hydrogen) atoms.